The van der Waals surface area contributed by atoms with Crippen molar-refractivity contribution in [2.75, 3.05) is 7.11 Å². The van der Waals surface area contributed by atoms with E-state index in [1.807, 2.05) is 60.7 Å². The van der Waals surface area contributed by atoms with Gasteiger partial charge < -0.3 is 18.0 Å². The first-order valence-corrected chi connectivity index (χ1v) is 10.1. The maximum absolute atomic E-state index is 11.6. The van der Waals surface area contributed by atoms with Crippen molar-refractivity contribution < 1.29 is 22.8 Å². The molecule has 5 nitrogen and oxygen atoms in total. The standard InChI is InChI=1S/C20H24O5Si/c1-4-20(21)25-17(2)26(22-3,23-15-18-11-7-5-8-12-18)24-16-19-13-9-6-10-14-19/h4-14,17H,1,15-16H2,2-3H3. The van der Waals surface area contributed by atoms with Crippen LogP contribution in [0.1, 0.15) is 18.1 Å². The largest absolute Gasteiger partial charge is 0.544 e. The summed E-state index contributed by atoms with van der Waals surface area (Å²) in [5, 5.41) is 0. The van der Waals surface area contributed by atoms with E-state index in [2.05, 4.69) is 6.58 Å². The zero-order valence-corrected chi connectivity index (χ0v) is 16.1. The summed E-state index contributed by atoms with van der Waals surface area (Å²) < 4.78 is 23.2. The molecule has 0 aliphatic rings. The van der Waals surface area contributed by atoms with E-state index in [-0.39, 0.29) is 0 Å². The van der Waals surface area contributed by atoms with Crippen molar-refractivity contribution in [3.05, 3.63) is 84.4 Å². The maximum Gasteiger partial charge on any atom is 0.544 e. The molecule has 0 amide bonds. The minimum atomic E-state index is -3.31. The van der Waals surface area contributed by atoms with Gasteiger partial charge in [0.05, 0.1) is 13.2 Å². The molecule has 0 saturated carbocycles. The second-order valence-corrected chi connectivity index (χ2v) is 8.65. The Bertz CT molecular complexity index is 646. The number of esters is 1. The van der Waals surface area contributed by atoms with Gasteiger partial charge in [-0.25, -0.2) is 4.79 Å². The molecule has 2 aromatic carbocycles. The van der Waals surface area contributed by atoms with Crippen LogP contribution in [0, 0.1) is 0 Å². The predicted octanol–water partition coefficient (Wildman–Crippen LogP) is 3.66. The molecule has 26 heavy (non-hydrogen) atoms. The Balaban J connectivity index is 2.15. The third kappa shape index (κ3) is 5.64. The van der Waals surface area contributed by atoms with Crippen molar-refractivity contribution in [3.63, 3.8) is 0 Å². The molecule has 0 fully saturated rings. The van der Waals surface area contributed by atoms with Gasteiger partial charge in [-0.05, 0) is 18.1 Å². The summed E-state index contributed by atoms with van der Waals surface area (Å²) >= 11 is 0. The van der Waals surface area contributed by atoms with Crippen molar-refractivity contribution in [3.8, 4) is 0 Å². The van der Waals surface area contributed by atoms with E-state index >= 15 is 0 Å². The lowest BCUT2D eigenvalue weighted by atomic mass is 10.2. The monoisotopic (exact) mass is 372 g/mol. The molecular formula is C20H24O5Si. The molecule has 0 aliphatic carbocycles. The number of ether oxygens (including phenoxy) is 1. The summed E-state index contributed by atoms with van der Waals surface area (Å²) in [6.07, 6.45) is 1.11. The molecular weight excluding hydrogens is 348 g/mol. The summed E-state index contributed by atoms with van der Waals surface area (Å²) in [6, 6.07) is 19.4. The van der Waals surface area contributed by atoms with E-state index in [1.165, 1.54) is 7.11 Å². The van der Waals surface area contributed by atoms with Crippen molar-refractivity contribution >= 4 is 14.8 Å². The van der Waals surface area contributed by atoms with E-state index < -0.39 is 20.5 Å². The second kappa shape index (κ2) is 10.0. The highest BCUT2D eigenvalue weighted by atomic mass is 28.4. The van der Waals surface area contributed by atoms with E-state index in [1.54, 1.807) is 6.92 Å². The number of rotatable bonds is 10. The molecule has 2 aromatic rings. The van der Waals surface area contributed by atoms with Crippen LogP contribution in [0.15, 0.2) is 73.3 Å². The van der Waals surface area contributed by atoms with Crippen LogP contribution in [0.5, 0.6) is 0 Å². The van der Waals surface area contributed by atoms with Crippen LogP contribution in [-0.2, 0) is 36.0 Å². The third-order valence-electron chi connectivity index (χ3n) is 3.81. The minimum Gasteiger partial charge on any atom is -0.455 e. The lowest BCUT2D eigenvalue weighted by molar-refractivity contribution is -0.142. The fourth-order valence-corrected chi connectivity index (χ4v) is 4.49. The van der Waals surface area contributed by atoms with E-state index in [0.29, 0.717) is 13.2 Å². The molecule has 138 valence electrons. The highest BCUT2D eigenvalue weighted by Gasteiger charge is 2.49. The molecule has 1 atom stereocenters. The van der Waals surface area contributed by atoms with Crippen molar-refractivity contribution in [2.24, 2.45) is 0 Å². The van der Waals surface area contributed by atoms with Gasteiger partial charge >= 0.3 is 14.8 Å². The average Bonchev–Trinajstić information content (AvgIpc) is 2.70. The smallest absolute Gasteiger partial charge is 0.455 e. The first kappa shape index (κ1) is 20.1. The molecule has 0 heterocycles. The van der Waals surface area contributed by atoms with Gasteiger partial charge in [-0.3, -0.25) is 0 Å². The summed E-state index contributed by atoms with van der Waals surface area (Å²) in [7, 11) is -1.79. The number of benzene rings is 2. The lowest BCUT2D eigenvalue weighted by Crippen LogP contribution is -2.55. The summed E-state index contributed by atoms with van der Waals surface area (Å²) in [4.78, 5) is 11.6. The Kier molecular flexibility index (Phi) is 7.74. The minimum absolute atomic E-state index is 0.297. The summed E-state index contributed by atoms with van der Waals surface area (Å²) in [6.45, 7) is 5.74. The van der Waals surface area contributed by atoms with Gasteiger partial charge in [-0.1, -0.05) is 67.2 Å². The number of hydrogen-bond donors (Lipinski definition) is 0. The number of carbonyl (C=O) groups excluding carboxylic acids is 1. The van der Waals surface area contributed by atoms with Crippen LogP contribution < -0.4 is 0 Å². The molecule has 1 unspecified atom stereocenters. The number of hydrogen-bond acceptors (Lipinski definition) is 5. The van der Waals surface area contributed by atoms with Gasteiger partial charge in [0.15, 0.2) is 5.73 Å². The molecule has 2 rings (SSSR count). The summed E-state index contributed by atoms with van der Waals surface area (Å²) in [5.74, 6) is -0.543. The van der Waals surface area contributed by atoms with Crippen molar-refractivity contribution in [1.82, 2.24) is 0 Å². The van der Waals surface area contributed by atoms with Crippen LogP contribution in [0.4, 0.5) is 0 Å². The predicted molar refractivity (Wildman–Crippen MR) is 101 cm³/mol. The normalized spacial score (nSPS) is 12.4. The zero-order valence-electron chi connectivity index (χ0n) is 15.1. The van der Waals surface area contributed by atoms with Crippen LogP contribution in [-0.4, -0.2) is 27.6 Å². The van der Waals surface area contributed by atoms with Gasteiger partial charge in [0.1, 0.15) is 0 Å². The highest BCUT2D eigenvalue weighted by Crippen LogP contribution is 2.21. The van der Waals surface area contributed by atoms with Gasteiger partial charge in [-0.15, -0.1) is 0 Å². The average molecular weight is 372 g/mol. The fraction of sp³-hybridized carbons (Fsp3) is 0.250. The van der Waals surface area contributed by atoms with E-state index in [4.69, 9.17) is 18.0 Å². The fourth-order valence-electron chi connectivity index (χ4n) is 2.37. The Labute approximate surface area is 155 Å². The topological polar surface area (TPSA) is 54.0 Å². The Morgan fingerprint density at radius 1 is 1.00 bits per heavy atom. The first-order valence-electron chi connectivity index (χ1n) is 8.33. The zero-order chi connectivity index (χ0) is 18.8. The Morgan fingerprint density at radius 3 is 1.85 bits per heavy atom. The molecule has 0 aliphatic heterocycles. The third-order valence-corrected chi connectivity index (χ3v) is 6.58. The van der Waals surface area contributed by atoms with Gasteiger partial charge in [0.25, 0.3) is 0 Å². The molecule has 0 aromatic heterocycles. The highest BCUT2D eigenvalue weighted by molar-refractivity contribution is 6.62. The van der Waals surface area contributed by atoms with Crippen molar-refractivity contribution in [1.29, 1.82) is 0 Å². The van der Waals surface area contributed by atoms with E-state index in [9.17, 15) is 4.79 Å². The van der Waals surface area contributed by atoms with Gasteiger partial charge in [0.2, 0.25) is 0 Å². The number of carbonyl (C=O) groups is 1. The van der Waals surface area contributed by atoms with Gasteiger partial charge in [0, 0.05) is 13.2 Å². The van der Waals surface area contributed by atoms with Crippen LogP contribution in [0.3, 0.4) is 0 Å². The molecule has 0 radical (unpaired) electrons. The molecule has 0 N–H and O–H groups in total. The molecule has 6 heteroatoms. The van der Waals surface area contributed by atoms with Crippen LogP contribution >= 0.6 is 0 Å². The maximum atomic E-state index is 11.6. The van der Waals surface area contributed by atoms with Crippen LogP contribution in [0.25, 0.3) is 0 Å². The lowest BCUT2D eigenvalue weighted by Gasteiger charge is -2.32. The SMILES string of the molecule is C=CC(=O)OC(C)[Si](OC)(OCc1ccccc1)OCc1ccccc1. The Morgan fingerprint density at radius 2 is 1.46 bits per heavy atom. The van der Waals surface area contributed by atoms with Crippen molar-refractivity contribution in [2.45, 2.75) is 25.9 Å². The molecule has 0 spiro atoms. The quantitative estimate of drug-likeness (QED) is 0.362. The first-order chi connectivity index (χ1) is 12.6. The van der Waals surface area contributed by atoms with E-state index in [0.717, 1.165) is 17.2 Å². The van der Waals surface area contributed by atoms with Crippen LogP contribution in [0.2, 0.25) is 0 Å². The molecule has 0 bridgehead atoms. The van der Waals surface area contributed by atoms with Gasteiger partial charge in [-0.2, -0.15) is 0 Å². The Hall–Kier alpha value is -2.25. The second-order valence-electron chi connectivity index (χ2n) is 5.64. The summed E-state index contributed by atoms with van der Waals surface area (Å²) in [5.41, 5.74) is 1.28. The molecule has 0 saturated heterocycles.